The van der Waals surface area contributed by atoms with Crippen molar-refractivity contribution in [3.63, 3.8) is 0 Å². The van der Waals surface area contributed by atoms with Gasteiger partial charge in [-0.1, -0.05) is 6.07 Å². The second kappa shape index (κ2) is 5.57. The lowest BCUT2D eigenvalue weighted by Crippen LogP contribution is -2.47. The molecule has 0 aliphatic carbocycles. The maximum absolute atomic E-state index is 12.6. The zero-order valence-electron chi connectivity index (χ0n) is 11.0. The van der Waals surface area contributed by atoms with E-state index >= 15 is 0 Å². The number of pyridine rings is 1. The average molecular weight is 261 g/mol. The highest BCUT2D eigenvalue weighted by atomic mass is 16.5. The molecule has 0 spiro atoms. The highest BCUT2D eigenvalue weighted by Gasteiger charge is 2.33. The van der Waals surface area contributed by atoms with Gasteiger partial charge in [0.2, 0.25) is 0 Å². The molecule has 0 radical (unpaired) electrons. The summed E-state index contributed by atoms with van der Waals surface area (Å²) >= 11 is 0. The number of carbonyl (C=O) groups excluding carboxylic acids is 1. The van der Waals surface area contributed by atoms with Crippen LogP contribution in [0.2, 0.25) is 0 Å². The topological polar surface area (TPSA) is 45.7 Å². The van der Waals surface area contributed by atoms with Gasteiger partial charge in [-0.05, 0) is 25.0 Å². The third kappa shape index (κ3) is 2.56. The minimum absolute atomic E-state index is 0.136. The first kappa shape index (κ1) is 12.4. The summed E-state index contributed by atoms with van der Waals surface area (Å²) < 4.78 is 5.30. The molecule has 2 aliphatic rings. The van der Waals surface area contributed by atoms with E-state index in [1.807, 2.05) is 28.0 Å². The molecule has 2 amide bonds. The predicted octanol–water partition coefficient (Wildman–Crippen LogP) is 1.67. The number of ether oxygens (including phenoxy) is 1. The second-order valence-electron chi connectivity index (χ2n) is 4.99. The van der Waals surface area contributed by atoms with E-state index in [-0.39, 0.29) is 12.1 Å². The SMILES string of the molecule is O=C(N1CCOCC1)N1CCCC1c1ccccn1. The van der Waals surface area contributed by atoms with Crippen molar-refractivity contribution in [1.82, 2.24) is 14.8 Å². The molecule has 2 aliphatic heterocycles. The smallest absolute Gasteiger partial charge is 0.320 e. The summed E-state index contributed by atoms with van der Waals surface area (Å²) in [6.07, 6.45) is 3.86. The maximum atomic E-state index is 12.6. The quantitative estimate of drug-likeness (QED) is 0.772. The Hall–Kier alpha value is -1.62. The van der Waals surface area contributed by atoms with Gasteiger partial charge in [-0.2, -0.15) is 0 Å². The van der Waals surface area contributed by atoms with Crippen LogP contribution in [0.5, 0.6) is 0 Å². The van der Waals surface area contributed by atoms with Crippen LogP contribution in [0, 0.1) is 0 Å². The largest absolute Gasteiger partial charge is 0.378 e. The van der Waals surface area contributed by atoms with Crippen molar-refractivity contribution in [2.75, 3.05) is 32.8 Å². The fourth-order valence-electron chi connectivity index (χ4n) is 2.81. The minimum atomic E-state index is 0.136. The number of amides is 2. The van der Waals surface area contributed by atoms with Crippen LogP contribution in [0.3, 0.4) is 0 Å². The molecule has 102 valence electrons. The monoisotopic (exact) mass is 261 g/mol. The zero-order valence-corrected chi connectivity index (χ0v) is 11.0. The molecular weight excluding hydrogens is 242 g/mol. The summed E-state index contributed by atoms with van der Waals surface area (Å²) in [4.78, 5) is 20.8. The van der Waals surface area contributed by atoms with Gasteiger partial charge >= 0.3 is 6.03 Å². The van der Waals surface area contributed by atoms with Gasteiger partial charge in [0.1, 0.15) is 0 Å². The van der Waals surface area contributed by atoms with Gasteiger partial charge in [0.15, 0.2) is 0 Å². The highest BCUT2D eigenvalue weighted by molar-refractivity contribution is 5.75. The van der Waals surface area contributed by atoms with Crippen LogP contribution in [0.15, 0.2) is 24.4 Å². The molecule has 1 aromatic rings. The zero-order chi connectivity index (χ0) is 13.1. The molecule has 1 aromatic heterocycles. The number of morpholine rings is 1. The molecule has 5 heteroatoms. The molecule has 19 heavy (non-hydrogen) atoms. The second-order valence-corrected chi connectivity index (χ2v) is 4.99. The predicted molar refractivity (Wildman–Crippen MR) is 70.7 cm³/mol. The lowest BCUT2D eigenvalue weighted by molar-refractivity contribution is 0.0420. The molecular formula is C14H19N3O2. The van der Waals surface area contributed by atoms with E-state index in [1.54, 1.807) is 6.20 Å². The van der Waals surface area contributed by atoms with E-state index in [0.717, 1.165) is 25.1 Å². The van der Waals surface area contributed by atoms with Crippen LogP contribution < -0.4 is 0 Å². The van der Waals surface area contributed by atoms with Crippen LogP contribution in [0.4, 0.5) is 4.79 Å². The molecule has 3 rings (SSSR count). The number of likely N-dealkylation sites (tertiary alicyclic amines) is 1. The number of carbonyl (C=O) groups is 1. The van der Waals surface area contributed by atoms with Crippen molar-refractivity contribution >= 4 is 6.03 Å². The molecule has 1 unspecified atom stereocenters. The normalized spacial score (nSPS) is 23.7. The van der Waals surface area contributed by atoms with Gasteiger partial charge in [0.05, 0.1) is 24.9 Å². The third-order valence-corrected chi connectivity index (χ3v) is 3.81. The Balaban J connectivity index is 1.74. The first-order valence-corrected chi connectivity index (χ1v) is 6.90. The summed E-state index contributed by atoms with van der Waals surface area (Å²) in [7, 11) is 0. The van der Waals surface area contributed by atoms with Crippen LogP contribution in [-0.2, 0) is 4.74 Å². The lowest BCUT2D eigenvalue weighted by atomic mass is 10.1. The molecule has 2 fully saturated rings. The summed E-state index contributed by atoms with van der Waals surface area (Å²) in [5.74, 6) is 0. The summed E-state index contributed by atoms with van der Waals surface area (Å²) in [5.41, 5.74) is 1.00. The Morgan fingerprint density at radius 3 is 2.84 bits per heavy atom. The van der Waals surface area contributed by atoms with Crippen LogP contribution in [-0.4, -0.2) is 53.7 Å². The van der Waals surface area contributed by atoms with E-state index in [9.17, 15) is 4.79 Å². The first-order valence-electron chi connectivity index (χ1n) is 6.90. The van der Waals surface area contributed by atoms with Gasteiger partial charge in [-0.15, -0.1) is 0 Å². The van der Waals surface area contributed by atoms with Gasteiger partial charge in [-0.25, -0.2) is 4.79 Å². The minimum Gasteiger partial charge on any atom is -0.378 e. The first-order chi connectivity index (χ1) is 9.36. The van der Waals surface area contributed by atoms with Crippen molar-refractivity contribution in [3.05, 3.63) is 30.1 Å². The average Bonchev–Trinajstić information content (AvgIpc) is 2.98. The number of urea groups is 1. The van der Waals surface area contributed by atoms with Crippen molar-refractivity contribution < 1.29 is 9.53 Å². The van der Waals surface area contributed by atoms with Gasteiger partial charge in [0, 0.05) is 25.8 Å². The molecule has 0 aromatic carbocycles. The van der Waals surface area contributed by atoms with Crippen LogP contribution >= 0.6 is 0 Å². The number of aromatic nitrogens is 1. The van der Waals surface area contributed by atoms with Crippen molar-refractivity contribution in [2.24, 2.45) is 0 Å². The molecule has 5 nitrogen and oxygen atoms in total. The van der Waals surface area contributed by atoms with Crippen molar-refractivity contribution in [2.45, 2.75) is 18.9 Å². The molecule has 2 saturated heterocycles. The van der Waals surface area contributed by atoms with E-state index < -0.39 is 0 Å². The Morgan fingerprint density at radius 1 is 1.26 bits per heavy atom. The highest BCUT2D eigenvalue weighted by Crippen LogP contribution is 2.31. The van der Waals surface area contributed by atoms with E-state index in [4.69, 9.17) is 4.74 Å². The van der Waals surface area contributed by atoms with Crippen LogP contribution in [0.25, 0.3) is 0 Å². The van der Waals surface area contributed by atoms with Crippen molar-refractivity contribution in [1.29, 1.82) is 0 Å². The van der Waals surface area contributed by atoms with E-state index in [2.05, 4.69) is 4.98 Å². The summed E-state index contributed by atoms with van der Waals surface area (Å²) in [6, 6.07) is 6.17. The standard InChI is InChI=1S/C14H19N3O2/c18-14(16-8-10-19-11-9-16)17-7-3-5-13(17)12-4-1-2-6-15-12/h1-2,4,6,13H,3,5,7-11H2. The summed E-state index contributed by atoms with van der Waals surface area (Å²) in [5, 5.41) is 0. The fourth-order valence-corrected chi connectivity index (χ4v) is 2.81. The molecule has 3 heterocycles. The Labute approximate surface area is 113 Å². The molecule has 0 saturated carbocycles. The van der Waals surface area contributed by atoms with Crippen molar-refractivity contribution in [3.8, 4) is 0 Å². The van der Waals surface area contributed by atoms with E-state index in [1.165, 1.54) is 0 Å². The fraction of sp³-hybridized carbons (Fsp3) is 0.571. The van der Waals surface area contributed by atoms with Gasteiger partial charge < -0.3 is 14.5 Å². The third-order valence-electron chi connectivity index (χ3n) is 3.81. The number of hydrogen-bond acceptors (Lipinski definition) is 3. The van der Waals surface area contributed by atoms with E-state index in [0.29, 0.717) is 26.3 Å². The Bertz CT molecular complexity index is 432. The van der Waals surface area contributed by atoms with Gasteiger partial charge in [-0.3, -0.25) is 4.98 Å². The lowest BCUT2D eigenvalue weighted by Gasteiger charge is -2.33. The molecule has 0 N–H and O–H groups in total. The number of nitrogens with zero attached hydrogens (tertiary/aromatic N) is 3. The molecule has 1 atom stereocenters. The molecule has 0 bridgehead atoms. The number of hydrogen-bond donors (Lipinski definition) is 0. The van der Waals surface area contributed by atoms with Crippen LogP contribution in [0.1, 0.15) is 24.6 Å². The maximum Gasteiger partial charge on any atom is 0.320 e. The Morgan fingerprint density at radius 2 is 2.11 bits per heavy atom. The summed E-state index contributed by atoms with van der Waals surface area (Å²) in [6.45, 7) is 3.52. The van der Waals surface area contributed by atoms with Gasteiger partial charge in [0.25, 0.3) is 0 Å². The number of rotatable bonds is 1. The Kier molecular flexibility index (Phi) is 3.64.